The number of sulfone groups is 1. The zero-order valence-corrected chi connectivity index (χ0v) is 12.2. The number of halogens is 1. The summed E-state index contributed by atoms with van der Waals surface area (Å²) in [7, 11) is -1.80. The highest BCUT2D eigenvalue weighted by Crippen LogP contribution is 2.28. The first-order valence-corrected chi connectivity index (χ1v) is 7.74. The van der Waals surface area contributed by atoms with Crippen LogP contribution in [0.15, 0.2) is 29.2 Å². The number of hydrogen-bond donors (Lipinski definition) is 1. The predicted octanol–water partition coefficient (Wildman–Crippen LogP) is 1.84. The van der Waals surface area contributed by atoms with Crippen LogP contribution in [0.2, 0.25) is 5.02 Å². The molecule has 2 rings (SSSR count). The highest BCUT2D eigenvalue weighted by atomic mass is 35.5. The van der Waals surface area contributed by atoms with Crippen LogP contribution in [0.3, 0.4) is 0 Å². The van der Waals surface area contributed by atoms with E-state index in [2.05, 4.69) is 5.10 Å². The lowest BCUT2D eigenvalue weighted by Crippen LogP contribution is -2.00. The summed E-state index contributed by atoms with van der Waals surface area (Å²) in [6.45, 7) is 0. The van der Waals surface area contributed by atoms with Gasteiger partial charge in [0, 0.05) is 18.9 Å². The Morgan fingerprint density at radius 2 is 2.00 bits per heavy atom. The number of aryl methyl sites for hydroxylation is 1. The van der Waals surface area contributed by atoms with Gasteiger partial charge in [0.05, 0.1) is 15.6 Å². The SMILES string of the molecule is Cn1nc(C(=O)O)cc1-c1ccc(S(C)(=O)=O)c(Cl)c1. The Hall–Kier alpha value is -1.86. The Morgan fingerprint density at radius 3 is 2.45 bits per heavy atom. The van der Waals surface area contributed by atoms with Gasteiger partial charge in [-0.1, -0.05) is 17.7 Å². The number of aromatic carboxylic acids is 1. The molecular weight excluding hydrogens is 304 g/mol. The van der Waals surface area contributed by atoms with Crippen molar-refractivity contribution >= 4 is 27.4 Å². The molecule has 20 heavy (non-hydrogen) atoms. The van der Waals surface area contributed by atoms with E-state index in [1.807, 2.05) is 0 Å². The Morgan fingerprint density at radius 1 is 1.35 bits per heavy atom. The molecule has 0 amide bonds. The molecule has 8 heteroatoms. The number of benzene rings is 1. The first kappa shape index (κ1) is 14.5. The molecule has 2 aromatic rings. The van der Waals surface area contributed by atoms with Gasteiger partial charge in [-0.2, -0.15) is 5.10 Å². The maximum absolute atomic E-state index is 11.5. The summed E-state index contributed by atoms with van der Waals surface area (Å²) in [5.41, 5.74) is 1.03. The fourth-order valence-electron chi connectivity index (χ4n) is 1.80. The number of carboxylic acid groups (broad SMARTS) is 1. The van der Waals surface area contributed by atoms with Gasteiger partial charge in [-0.15, -0.1) is 0 Å². The molecular formula is C12H11ClN2O4S. The molecule has 1 aromatic carbocycles. The summed E-state index contributed by atoms with van der Waals surface area (Å²) < 4.78 is 24.4. The Kier molecular flexibility index (Phi) is 3.58. The van der Waals surface area contributed by atoms with Crippen molar-refractivity contribution in [3.63, 3.8) is 0 Å². The molecule has 0 spiro atoms. The molecule has 0 saturated heterocycles. The second-order valence-electron chi connectivity index (χ2n) is 4.26. The molecule has 0 radical (unpaired) electrons. The summed E-state index contributed by atoms with van der Waals surface area (Å²) in [4.78, 5) is 10.9. The van der Waals surface area contributed by atoms with Gasteiger partial charge >= 0.3 is 5.97 Å². The van der Waals surface area contributed by atoms with Crippen LogP contribution in [-0.2, 0) is 16.9 Å². The van der Waals surface area contributed by atoms with Crippen LogP contribution >= 0.6 is 11.6 Å². The van der Waals surface area contributed by atoms with Gasteiger partial charge in [0.1, 0.15) is 0 Å². The van der Waals surface area contributed by atoms with Gasteiger partial charge in [-0.05, 0) is 18.2 Å². The smallest absolute Gasteiger partial charge is 0.356 e. The van der Waals surface area contributed by atoms with Crippen LogP contribution in [0.4, 0.5) is 0 Å². The van der Waals surface area contributed by atoms with E-state index in [-0.39, 0.29) is 15.6 Å². The third kappa shape index (κ3) is 2.68. The minimum absolute atomic E-state index is 0.0311. The van der Waals surface area contributed by atoms with Crippen LogP contribution in [0.25, 0.3) is 11.3 Å². The fourth-order valence-corrected chi connectivity index (χ4v) is 3.13. The third-order valence-electron chi connectivity index (χ3n) is 2.73. The zero-order valence-electron chi connectivity index (χ0n) is 10.7. The standard InChI is InChI=1S/C12H11ClN2O4S/c1-15-10(6-9(14-15)12(16)17)7-3-4-11(8(13)5-7)20(2,18)19/h3-6H,1-2H3,(H,16,17). The second kappa shape index (κ2) is 4.92. The van der Waals surface area contributed by atoms with Crippen LogP contribution in [-0.4, -0.2) is 35.5 Å². The van der Waals surface area contributed by atoms with Crippen molar-refractivity contribution in [2.45, 2.75) is 4.90 Å². The number of rotatable bonds is 3. The lowest BCUT2D eigenvalue weighted by Gasteiger charge is -2.06. The molecule has 1 heterocycles. The van der Waals surface area contributed by atoms with Gasteiger partial charge in [0.25, 0.3) is 0 Å². The van der Waals surface area contributed by atoms with Gasteiger partial charge in [-0.25, -0.2) is 13.2 Å². The first-order valence-electron chi connectivity index (χ1n) is 5.47. The van der Waals surface area contributed by atoms with Crippen LogP contribution in [0.5, 0.6) is 0 Å². The number of hydrogen-bond acceptors (Lipinski definition) is 4. The van der Waals surface area contributed by atoms with Gasteiger partial charge in [0.2, 0.25) is 0 Å². The summed E-state index contributed by atoms with van der Waals surface area (Å²) in [5, 5.41) is 12.8. The van der Waals surface area contributed by atoms with Crippen LogP contribution in [0, 0.1) is 0 Å². The largest absolute Gasteiger partial charge is 0.476 e. The molecule has 0 aliphatic rings. The van der Waals surface area contributed by atoms with Crippen molar-refractivity contribution in [2.75, 3.05) is 6.26 Å². The molecule has 0 aliphatic heterocycles. The lowest BCUT2D eigenvalue weighted by atomic mass is 10.1. The molecule has 0 bridgehead atoms. The van der Waals surface area contributed by atoms with Crippen molar-refractivity contribution in [3.05, 3.63) is 35.0 Å². The van der Waals surface area contributed by atoms with E-state index in [1.165, 1.54) is 22.9 Å². The van der Waals surface area contributed by atoms with E-state index in [1.54, 1.807) is 13.1 Å². The molecule has 6 nitrogen and oxygen atoms in total. The minimum Gasteiger partial charge on any atom is -0.476 e. The topological polar surface area (TPSA) is 89.3 Å². The van der Waals surface area contributed by atoms with Crippen molar-refractivity contribution in [3.8, 4) is 11.3 Å². The Balaban J connectivity index is 2.55. The number of carboxylic acids is 1. The maximum atomic E-state index is 11.5. The normalized spacial score (nSPS) is 11.6. The maximum Gasteiger partial charge on any atom is 0.356 e. The highest BCUT2D eigenvalue weighted by molar-refractivity contribution is 7.90. The van der Waals surface area contributed by atoms with Crippen molar-refractivity contribution < 1.29 is 18.3 Å². The molecule has 0 unspecified atom stereocenters. The molecule has 1 aromatic heterocycles. The zero-order chi connectivity index (χ0) is 15.1. The summed E-state index contributed by atoms with van der Waals surface area (Å²) in [6, 6.07) is 5.82. The quantitative estimate of drug-likeness (QED) is 0.933. The molecule has 1 N–H and O–H groups in total. The summed E-state index contributed by atoms with van der Waals surface area (Å²) >= 11 is 5.96. The summed E-state index contributed by atoms with van der Waals surface area (Å²) in [5.74, 6) is -1.13. The monoisotopic (exact) mass is 314 g/mol. The molecule has 0 aliphatic carbocycles. The summed E-state index contributed by atoms with van der Waals surface area (Å²) in [6.07, 6.45) is 1.07. The molecule has 0 saturated carbocycles. The molecule has 0 fully saturated rings. The van der Waals surface area contributed by atoms with Gasteiger partial charge < -0.3 is 5.11 Å². The van der Waals surface area contributed by atoms with E-state index in [4.69, 9.17) is 16.7 Å². The molecule has 106 valence electrons. The van der Waals surface area contributed by atoms with Gasteiger partial charge in [0.15, 0.2) is 15.5 Å². The number of nitrogens with zero attached hydrogens (tertiary/aromatic N) is 2. The van der Waals surface area contributed by atoms with Crippen LogP contribution in [0.1, 0.15) is 10.5 Å². The molecule has 0 atom stereocenters. The number of carbonyl (C=O) groups is 1. The predicted molar refractivity (Wildman–Crippen MR) is 73.7 cm³/mol. The second-order valence-corrected chi connectivity index (χ2v) is 6.65. The Labute approximate surface area is 120 Å². The van der Waals surface area contributed by atoms with E-state index in [0.29, 0.717) is 11.3 Å². The van der Waals surface area contributed by atoms with Gasteiger partial charge in [-0.3, -0.25) is 4.68 Å². The van der Waals surface area contributed by atoms with E-state index in [9.17, 15) is 13.2 Å². The highest BCUT2D eigenvalue weighted by Gasteiger charge is 2.16. The number of aromatic nitrogens is 2. The third-order valence-corrected chi connectivity index (χ3v) is 4.31. The Bertz CT molecular complexity index is 796. The van der Waals surface area contributed by atoms with Crippen molar-refractivity contribution in [1.82, 2.24) is 9.78 Å². The average molecular weight is 315 g/mol. The van der Waals surface area contributed by atoms with E-state index >= 15 is 0 Å². The van der Waals surface area contributed by atoms with E-state index < -0.39 is 15.8 Å². The van der Waals surface area contributed by atoms with E-state index in [0.717, 1.165) is 6.26 Å². The van der Waals surface area contributed by atoms with Crippen molar-refractivity contribution in [2.24, 2.45) is 7.05 Å². The van der Waals surface area contributed by atoms with Crippen LogP contribution < -0.4 is 0 Å². The average Bonchev–Trinajstić information content (AvgIpc) is 2.69. The fraction of sp³-hybridized carbons (Fsp3) is 0.167. The lowest BCUT2D eigenvalue weighted by molar-refractivity contribution is 0.0689. The van der Waals surface area contributed by atoms with Crippen molar-refractivity contribution in [1.29, 1.82) is 0 Å². The minimum atomic E-state index is -3.40. The first-order chi connectivity index (χ1) is 9.20.